The first-order chi connectivity index (χ1) is 16.4. The number of furan rings is 1. The Morgan fingerprint density at radius 1 is 0.794 bits per heavy atom. The minimum Gasteiger partial charge on any atom is -0.490 e. The average Bonchev–Trinajstić information content (AvgIpc) is 3.37. The van der Waals surface area contributed by atoms with Gasteiger partial charge in [0.1, 0.15) is 0 Å². The van der Waals surface area contributed by atoms with Crippen molar-refractivity contribution in [2.24, 2.45) is 0 Å². The fourth-order valence-electron chi connectivity index (χ4n) is 2.66. The van der Waals surface area contributed by atoms with E-state index in [1.807, 2.05) is 6.92 Å². The molecule has 34 heavy (non-hydrogen) atoms. The number of ether oxygens (including phenoxy) is 3. The van der Waals surface area contributed by atoms with Gasteiger partial charge in [-0.2, -0.15) is 0 Å². The Labute approximate surface area is 196 Å². The van der Waals surface area contributed by atoms with Crippen molar-refractivity contribution >= 4 is 23.6 Å². The number of hydrogen-bond donors (Lipinski definition) is 4. The van der Waals surface area contributed by atoms with Gasteiger partial charge in [0.2, 0.25) is 11.7 Å². The fraction of sp³-hybridized carbons (Fsp3) is 0.364. The van der Waals surface area contributed by atoms with Gasteiger partial charge in [0, 0.05) is 5.56 Å². The van der Waals surface area contributed by atoms with Crippen LogP contribution in [0.4, 0.5) is 0 Å². The van der Waals surface area contributed by atoms with Crippen molar-refractivity contribution in [2.75, 3.05) is 32.9 Å². The molecule has 0 aliphatic rings. The number of rotatable bonds is 12. The highest BCUT2D eigenvalue weighted by atomic mass is 16.5. The molecule has 12 nitrogen and oxygen atoms in total. The molecule has 1 aromatic heterocycles. The normalized spacial score (nSPS) is 10.1. The molecule has 0 atom stereocenters. The zero-order valence-electron chi connectivity index (χ0n) is 19.2. The molecule has 4 amide bonds. The van der Waals surface area contributed by atoms with Gasteiger partial charge in [0.15, 0.2) is 17.3 Å². The maximum Gasteiger partial charge on any atom is 0.287 e. The molecule has 0 aliphatic heterocycles. The molecule has 0 fully saturated rings. The zero-order valence-corrected chi connectivity index (χ0v) is 19.2. The van der Waals surface area contributed by atoms with Crippen LogP contribution in [-0.2, 0) is 9.59 Å². The fourth-order valence-corrected chi connectivity index (χ4v) is 2.66. The Morgan fingerprint density at radius 2 is 1.41 bits per heavy atom. The summed E-state index contributed by atoms with van der Waals surface area (Å²) in [5.74, 6) is -1.38. The number of carbonyl (C=O) groups excluding carboxylic acids is 4. The lowest BCUT2D eigenvalue weighted by atomic mass is 10.1. The smallest absolute Gasteiger partial charge is 0.287 e. The molecular weight excluding hydrogens is 448 g/mol. The number of amides is 4. The van der Waals surface area contributed by atoms with Gasteiger partial charge in [-0.25, -0.2) is 0 Å². The number of hydrazine groups is 1. The second-order valence-electron chi connectivity index (χ2n) is 6.54. The lowest BCUT2D eigenvalue weighted by Gasteiger charge is -2.17. The van der Waals surface area contributed by atoms with Crippen LogP contribution in [0.15, 0.2) is 34.9 Å². The van der Waals surface area contributed by atoms with Crippen LogP contribution in [0, 0.1) is 0 Å². The SMILES string of the molecule is CCOc1cc(C(=O)NNC(=O)CNC(=O)CNC(=O)c2ccco2)cc(OCC)c1OCC. The quantitative estimate of drug-likeness (QED) is 0.327. The lowest BCUT2D eigenvalue weighted by Crippen LogP contribution is -2.47. The van der Waals surface area contributed by atoms with Gasteiger partial charge in [0.25, 0.3) is 17.7 Å². The zero-order chi connectivity index (χ0) is 24.9. The highest BCUT2D eigenvalue weighted by Crippen LogP contribution is 2.39. The molecule has 4 N–H and O–H groups in total. The summed E-state index contributed by atoms with van der Waals surface area (Å²) in [5.41, 5.74) is 4.62. The van der Waals surface area contributed by atoms with Gasteiger partial charge in [-0.3, -0.25) is 30.0 Å². The first kappa shape index (κ1) is 26.0. The van der Waals surface area contributed by atoms with Crippen LogP contribution in [0.3, 0.4) is 0 Å². The summed E-state index contributed by atoms with van der Waals surface area (Å²) < 4.78 is 21.6. The second kappa shape index (κ2) is 13.4. The van der Waals surface area contributed by atoms with E-state index in [-0.39, 0.29) is 17.9 Å². The Hall–Kier alpha value is -4.22. The van der Waals surface area contributed by atoms with Crippen molar-refractivity contribution < 1.29 is 37.8 Å². The maximum atomic E-state index is 12.5. The number of benzene rings is 1. The Morgan fingerprint density at radius 3 is 1.97 bits per heavy atom. The first-order valence-electron chi connectivity index (χ1n) is 10.6. The third kappa shape index (κ3) is 7.73. The largest absolute Gasteiger partial charge is 0.490 e. The molecule has 184 valence electrons. The highest BCUT2D eigenvalue weighted by Gasteiger charge is 2.19. The van der Waals surface area contributed by atoms with Crippen molar-refractivity contribution in [3.05, 3.63) is 41.9 Å². The molecule has 0 unspecified atom stereocenters. The van der Waals surface area contributed by atoms with Crippen LogP contribution in [0.2, 0.25) is 0 Å². The van der Waals surface area contributed by atoms with Crippen LogP contribution in [0.25, 0.3) is 0 Å². The van der Waals surface area contributed by atoms with Gasteiger partial charge in [0.05, 0.1) is 39.2 Å². The van der Waals surface area contributed by atoms with Crippen LogP contribution in [0.5, 0.6) is 17.2 Å². The molecule has 0 aliphatic carbocycles. The molecule has 0 radical (unpaired) electrons. The van der Waals surface area contributed by atoms with Crippen LogP contribution >= 0.6 is 0 Å². The predicted molar refractivity (Wildman–Crippen MR) is 120 cm³/mol. The average molecular weight is 476 g/mol. The summed E-state index contributed by atoms with van der Waals surface area (Å²) in [7, 11) is 0. The lowest BCUT2D eigenvalue weighted by molar-refractivity contribution is -0.125. The minimum absolute atomic E-state index is 0.0579. The summed E-state index contributed by atoms with van der Waals surface area (Å²) in [4.78, 5) is 48.0. The summed E-state index contributed by atoms with van der Waals surface area (Å²) in [5, 5.41) is 4.66. The molecular formula is C22H28N4O8. The minimum atomic E-state index is -0.680. The summed E-state index contributed by atoms with van der Waals surface area (Å²) in [6.45, 7) is 5.68. The number of carbonyl (C=O) groups is 4. The van der Waals surface area contributed by atoms with E-state index < -0.39 is 30.2 Å². The Balaban J connectivity index is 1.87. The summed E-state index contributed by atoms with van der Waals surface area (Å²) >= 11 is 0. The topological polar surface area (TPSA) is 157 Å². The molecule has 0 saturated heterocycles. The van der Waals surface area contributed by atoms with Gasteiger partial charge >= 0.3 is 0 Å². The predicted octanol–water partition coefficient (Wildman–Crippen LogP) is 0.783. The van der Waals surface area contributed by atoms with Gasteiger partial charge in [-0.1, -0.05) is 0 Å². The molecule has 0 spiro atoms. The third-order valence-electron chi connectivity index (χ3n) is 4.09. The highest BCUT2D eigenvalue weighted by molar-refractivity contribution is 5.97. The maximum absolute atomic E-state index is 12.5. The molecule has 2 aromatic rings. The van der Waals surface area contributed by atoms with E-state index in [4.69, 9.17) is 18.6 Å². The van der Waals surface area contributed by atoms with Gasteiger partial charge < -0.3 is 29.3 Å². The van der Waals surface area contributed by atoms with Gasteiger partial charge in [-0.15, -0.1) is 0 Å². The standard InChI is InChI=1S/C22H28N4O8/c1-4-31-16-10-14(11-17(32-5-2)20(16)33-6-3)21(29)26-25-19(28)13-23-18(27)12-24-22(30)15-8-7-9-34-15/h7-11H,4-6,12-13H2,1-3H3,(H,23,27)(H,24,30)(H,25,28)(H,26,29). The van der Waals surface area contributed by atoms with Crippen LogP contribution < -0.4 is 35.7 Å². The Bertz CT molecular complexity index is 964. The Kier molecular flexibility index (Phi) is 10.2. The monoisotopic (exact) mass is 476 g/mol. The van der Waals surface area contributed by atoms with Crippen molar-refractivity contribution in [3.63, 3.8) is 0 Å². The molecule has 2 rings (SSSR count). The van der Waals surface area contributed by atoms with Crippen molar-refractivity contribution in [1.29, 1.82) is 0 Å². The molecule has 12 heteroatoms. The first-order valence-corrected chi connectivity index (χ1v) is 10.6. The number of hydrogen-bond acceptors (Lipinski definition) is 8. The van der Waals surface area contributed by atoms with E-state index in [0.29, 0.717) is 37.1 Å². The van der Waals surface area contributed by atoms with Crippen molar-refractivity contribution in [1.82, 2.24) is 21.5 Å². The molecule has 0 bridgehead atoms. The molecule has 0 saturated carbocycles. The van der Waals surface area contributed by atoms with E-state index >= 15 is 0 Å². The van der Waals surface area contributed by atoms with Crippen LogP contribution in [0.1, 0.15) is 41.7 Å². The van der Waals surface area contributed by atoms with Crippen molar-refractivity contribution in [2.45, 2.75) is 20.8 Å². The van der Waals surface area contributed by atoms with E-state index in [0.717, 1.165) is 0 Å². The molecule has 1 aromatic carbocycles. The van der Waals surface area contributed by atoms with Crippen LogP contribution in [-0.4, -0.2) is 56.5 Å². The summed E-state index contributed by atoms with van der Waals surface area (Å²) in [6.07, 6.45) is 1.33. The van der Waals surface area contributed by atoms with E-state index in [1.54, 1.807) is 13.8 Å². The van der Waals surface area contributed by atoms with Gasteiger partial charge in [-0.05, 0) is 45.0 Å². The van der Waals surface area contributed by atoms with Crippen molar-refractivity contribution in [3.8, 4) is 17.2 Å². The summed E-state index contributed by atoms with van der Waals surface area (Å²) in [6, 6.07) is 5.93. The number of nitrogens with one attached hydrogen (secondary N) is 4. The van der Waals surface area contributed by atoms with E-state index in [9.17, 15) is 19.2 Å². The van der Waals surface area contributed by atoms with E-state index in [2.05, 4.69) is 21.5 Å². The van der Waals surface area contributed by atoms with E-state index in [1.165, 1.54) is 30.5 Å². The third-order valence-corrected chi connectivity index (χ3v) is 4.09. The second-order valence-corrected chi connectivity index (χ2v) is 6.54. The molecule has 1 heterocycles.